The minimum absolute atomic E-state index is 0.732. The molecule has 0 spiro atoms. The van der Waals surface area contributed by atoms with Gasteiger partial charge in [0.25, 0.3) is 0 Å². The summed E-state index contributed by atoms with van der Waals surface area (Å²) < 4.78 is 4.59. The molecule has 1 unspecified atom stereocenters. The maximum absolute atomic E-state index is 4.59. The highest BCUT2D eigenvalue weighted by Crippen LogP contribution is 2.33. The van der Waals surface area contributed by atoms with Crippen LogP contribution in [0.25, 0.3) is 10.9 Å². The number of piperidine rings is 1. The highest BCUT2D eigenvalue weighted by atomic mass is 32.1. The lowest BCUT2D eigenvalue weighted by Crippen LogP contribution is -2.40. The van der Waals surface area contributed by atoms with E-state index in [4.69, 9.17) is 0 Å². The van der Waals surface area contributed by atoms with Crippen molar-refractivity contribution in [3.8, 4) is 0 Å². The zero-order valence-corrected chi connectivity index (χ0v) is 13.8. The molecule has 0 bridgehead atoms. The molecule has 1 aliphatic heterocycles. The standard InChI is InChI=1S/C17H25N3S/c1-13(2)10-18-11-14-6-5-9-20(12-14)17-15-7-3-4-8-16(15)19-21-17/h3-4,7-8,13-14,18H,5-6,9-12H2,1-2H3. The van der Waals surface area contributed by atoms with Crippen molar-refractivity contribution in [2.75, 3.05) is 31.1 Å². The molecule has 0 amide bonds. The van der Waals surface area contributed by atoms with Crippen molar-refractivity contribution in [2.24, 2.45) is 11.8 Å². The number of nitrogens with zero attached hydrogens (tertiary/aromatic N) is 2. The quantitative estimate of drug-likeness (QED) is 0.911. The lowest BCUT2D eigenvalue weighted by Gasteiger charge is -2.33. The number of anilines is 1. The monoisotopic (exact) mass is 303 g/mol. The summed E-state index contributed by atoms with van der Waals surface area (Å²) in [5.41, 5.74) is 1.14. The molecule has 1 atom stereocenters. The van der Waals surface area contributed by atoms with Crippen LogP contribution in [0.1, 0.15) is 26.7 Å². The number of aromatic nitrogens is 1. The van der Waals surface area contributed by atoms with E-state index < -0.39 is 0 Å². The predicted molar refractivity (Wildman–Crippen MR) is 92.3 cm³/mol. The van der Waals surface area contributed by atoms with Crippen molar-refractivity contribution < 1.29 is 0 Å². The van der Waals surface area contributed by atoms with Crippen LogP contribution < -0.4 is 10.2 Å². The van der Waals surface area contributed by atoms with Gasteiger partial charge in [0, 0.05) is 18.5 Å². The number of hydrogen-bond donors (Lipinski definition) is 1. The smallest absolute Gasteiger partial charge is 0.119 e. The Morgan fingerprint density at radius 3 is 3.10 bits per heavy atom. The first-order valence-electron chi connectivity index (χ1n) is 8.04. The molecule has 1 saturated heterocycles. The van der Waals surface area contributed by atoms with E-state index >= 15 is 0 Å². The third-order valence-corrected chi connectivity index (χ3v) is 5.10. The summed E-state index contributed by atoms with van der Waals surface area (Å²) in [5.74, 6) is 1.49. The van der Waals surface area contributed by atoms with Crippen LogP contribution in [0.4, 0.5) is 5.00 Å². The Bertz CT molecular complexity index is 578. The molecule has 1 aromatic carbocycles. The van der Waals surface area contributed by atoms with Crippen molar-refractivity contribution in [1.82, 2.24) is 9.69 Å². The molecule has 0 radical (unpaired) electrons. The van der Waals surface area contributed by atoms with E-state index in [9.17, 15) is 0 Å². The van der Waals surface area contributed by atoms with Gasteiger partial charge in [-0.1, -0.05) is 26.0 Å². The minimum Gasteiger partial charge on any atom is -0.361 e. The molecule has 1 aromatic heterocycles. The van der Waals surface area contributed by atoms with Crippen molar-refractivity contribution >= 4 is 27.4 Å². The second-order valence-corrected chi connectivity index (χ2v) is 7.26. The number of benzene rings is 1. The second-order valence-electron chi connectivity index (χ2n) is 6.51. The SMILES string of the molecule is CC(C)CNCC1CCCN(c2snc3ccccc23)C1. The second kappa shape index (κ2) is 6.75. The van der Waals surface area contributed by atoms with E-state index in [1.165, 1.54) is 29.8 Å². The third kappa shape index (κ3) is 3.55. The van der Waals surface area contributed by atoms with Crippen LogP contribution in [-0.2, 0) is 0 Å². The highest BCUT2D eigenvalue weighted by molar-refractivity contribution is 7.11. The number of nitrogens with one attached hydrogen (secondary N) is 1. The van der Waals surface area contributed by atoms with Crippen molar-refractivity contribution in [3.63, 3.8) is 0 Å². The molecule has 21 heavy (non-hydrogen) atoms. The summed E-state index contributed by atoms with van der Waals surface area (Å²) in [6.45, 7) is 9.14. The topological polar surface area (TPSA) is 28.2 Å². The van der Waals surface area contributed by atoms with Crippen LogP contribution in [0.5, 0.6) is 0 Å². The van der Waals surface area contributed by atoms with Gasteiger partial charge in [0.1, 0.15) is 5.00 Å². The van der Waals surface area contributed by atoms with E-state index in [-0.39, 0.29) is 0 Å². The van der Waals surface area contributed by atoms with Crippen LogP contribution in [0, 0.1) is 11.8 Å². The van der Waals surface area contributed by atoms with E-state index in [1.807, 2.05) is 0 Å². The number of hydrogen-bond acceptors (Lipinski definition) is 4. The normalized spacial score (nSPS) is 19.6. The van der Waals surface area contributed by atoms with Gasteiger partial charge in [-0.15, -0.1) is 0 Å². The lowest BCUT2D eigenvalue weighted by atomic mass is 9.98. The maximum atomic E-state index is 4.59. The van der Waals surface area contributed by atoms with Crippen LogP contribution in [0.3, 0.4) is 0 Å². The first kappa shape index (κ1) is 14.8. The third-order valence-electron chi connectivity index (χ3n) is 4.16. The van der Waals surface area contributed by atoms with E-state index in [0.29, 0.717) is 0 Å². The Labute approximate surface area is 131 Å². The molecule has 2 heterocycles. The average molecular weight is 303 g/mol. The molecule has 4 heteroatoms. The van der Waals surface area contributed by atoms with Crippen LogP contribution >= 0.6 is 11.5 Å². The molecule has 1 aliphatic rings. The van der Waals surface area contributed by atoms with Crippen molar-refractivity contribution in [1.29, 1.82) is 0 Å². The van der Waals surface area contributed by atoms with Crippen LogP contribution in [0.15, 0.2) is 24.3 Å². The van der Waals surface area contributed by atoms with E-state index in [2.05, 4.69) is 52.7 Å². The molecule has 1 N–H and O–H groups in total. The fourth-order valence-corrected chi connectivity index (χ4v) is 3.99. The summed E-state index contributed by atoms with van der Waals surface area (Å²) in [4.78, 5) is 2.55. The summed E-state index contributed by atoms with van der Waals surface area (Å²) in [7, 11) is 0. The van der Waals surface area contributed by atoms with Gasteiger partial charge in [0.2, 0.25) is 0 Å². The summed E-state index contributed by atoms with van der Waals surface area (Å²) >= 11 is 1.66. The molecule has 114 valence electrons. The minimum atomic E-state index is 0.732. The molecule has 0 aliphatic carbocycles. The fourth-order valence-electron chi connectivity index (χ4n) is 3.10. The van der Waals surface area contributed by atoms with Gasteiger partial charge in [-0.25, -0.2) is 0 Å². The van der Waals surface area contributed by atoms with Crippen LogP contribution in [-0.4, -0.2) is 30.6 Å². The first-order valence-corrected chi connectivity index (χ1v) is 8.81. The molecular weight excluding hydrogens is 278 g/mol. The predicted octanol–water partition coefficient (Wildman–Crippen LogP) is 3.76. The maximum Gasteiger partial charge on any atom is 0.119 e. The van der Waals surface area contributed by atoms with Crippen molar-refractivity contribution in [3.05, 3.63) is 24.3 Å². The zero-order valence-electron chi connectivity index (χ0n) is 13.0. The Kier molecular flexibility index (Phi) is 4.76. The summed E-state index contributed by atoms with van der Waals surface area (Å²) in [5, 5.41) is 6.30. The highest BCUT2D eigenvalue weighted by Gasteiger charge is 2.22. The Morgan fingerprint density at radius 1 is 1.38 bits per heavy atom. The molecular formula is C17H25N3S. The Balaban J connectivity index is 1.65. The molecule has 3 nitrogen and oxygen atoms in total. The van der Waals surface area contributed by atoms with Crippen LogP contribution in [0.2, 0.25) is 0 Å². The molecule has 2 aromatic rings. The fraction of sp³-hybridized carbons (Fsp3) is 0.588. The lowest BCUT2D eigenvalue weighted by molar-refractivity contribution is 0.383. The van der Waals surface area contributed by atoms with Gasteiger partial charge in [0.15, 0.2) is 0 Å². The van der Waals surface area contributed by atoms with Gasteiger partial charge in [-0.3, -0.25) is 0 Å². The summed E-state index contributed by atoms with van der Waals surface area (Å²) in [6.07, 6.45) is 2.64. The zero-order chi connectivity index (χ0) is 14.7. The number of fused-ring (bicyclic) bond motifs is 1. The van der Waals surface area contributed by atoms with E-state index in [0.717, 1.165) is 37.0 Å². The molecule has 0 saturated carbocycles. The average Bonchev–Trinajstić information content (AvgIpc) is 2.91. The van der Waals surface area contributed by atoms with Gasteiger partial charge in [0.05, 0.1) is 5.52 Å². The van der Waals surface area contributed by atoms with Gasteiger partial charge >= 0.3 is 0 Å². The molecule has 1 fully saturated rings. The Morgan fingerprint density at radius 2 is 2.24 bits per heavy atom. The largest absolute Gasteiger partial charge is 0.361 e. The number of rotatable bonds is 5. The Hall–Kier alpha value is -1.13. The van der Waals surface area contributed by atoms with Crippen molar-refractivity contribution in [2.45, 2.75) is 26.7 Å². The summed E-state index contributed by atoms with van der Waals surface area (Å²) in [6, 6.07) is 8.50. The van der Waals surface area contributed by atoms with E-state index in [1.54, 1.807) is 11.5 Å². The van der Waals surface area contributed by atoms with Gasteiger partial charge in [-0.2, -0.15) is 4.37 Å². The van der Waals surface area contributed by atoms with Gasteiger partial charge in [-0.05, 0) is 61.4 Å². The first-order chi connectivity index (χ1) is 10.2. The van der Waals surface area contributed by atoms with Gasteiger partial charge < -0.3 is 10.2 Å². The molecule has 3 rings (SSSR count).